The molecule has 0 heterocycles. The van der Waals surface area contributed by atoms with Crippen LogP contribution in [0.25, 0.3) is 0 Å². The molecule has 0 saturated heterocycles. The van der Waals surface area contributed by atoms with Gasteiger partial charge in [-0.2, -0.15) is 0 Å². The van der Waals surface area contributed by atoms with Crippen molar-refractivity contribution in [2.75, 3.05) is 0 Å². The van der Waals surface area contributed by atoms with Crippen LogP contribution >= 0.6 is 0 Å². The van der Waals surface area contributed by atoms with Crippen molar-refractivity contribution in [2.24, 2.45) is 5.41 Å². The van der Waals surface area contributed by atoms with Crippen molar-refractivity contribution in [2.45, 2.75) is 71.3 Å². The van der Waals surface area contributed by atoms with E-state index in [9.17, 15) is 4.79 Å². The molecule has 0 aromatic heterocycles. The van der Waals surface area contributed by atoms with E-state index in [0.29, 0.717) is 0 Å². The van der Waals surface area contributed by atoms with E-state index < -0.39 is 11.0 Å². The van der Waals surface area contributed by atoms with Gasteiger partial charge in [-0.05, 0) is 51.5 Å². The molecule has 0 unspecified atom stereocenters. The normalized spacial score (nSPS) is 18.8. The minimum atomic E-state index is -0.415. The molecule has 1 fully saturated rings. The quantitative estimate of drug-likeness (QED) is 0.561. The van der Waals surface area contributed by atoms with Gasteiger partial charge in [-0.25, -0.2) is 0 Å². The van der Waals surface area contributed by atoms with Crippen molar-refractivity contribution >= 4 is 5.97 Å². The average Bonchev–Trinajstić information content (AvgIpc) is 2.74. The van der Waals surface area contributed by atoms with Crippen LogP contribution in [0, 0.1) is 5.41 Å². The molecular weight excluding hydrogens is 260 g/mol. The van der Waals surface area contributed by atoms with E-state index in [2.05, 4.69) is 12.1 Å². The van der Waals surface area contributed by atoms with Crippen LogP contribution in [0.15, 0.2) is 30.3 Å². The van der Waals surface area contributed by atoms with Gasteiger partial charge in [0, 0.05) is 0 Å². The second-order valence-electron chi connectivity index (χ2n) is 6.90. The zero-order valence-corrected chi connectivity index (χ0v) is 13.7. The lowest BCUT2D eigenvalue weighted by Gasteiger charge is -2.36. The van der Waals surface area contributed by atoms with E-state index >= 15 is 0 Å². The molecule has 0 radical (unpaired) electrons. The molecule has 2 nitrogen and oxygen atoms in total. The highest BCUT2D eigenvalue weighted by Gasteiger charge is 2.40. The summed E-state index contributed by atoms with van der Waals surface area (Å²) in [6, 6.07) is 10.3. The minimum absolute atomic E-state index is 0.0595. The molecule has 0 atom stereocenters. The first kappa shape index (κ1) is 16.1. The Balaban J connectivity index is 2.30. The maximum atomic E-state index is 12.6. The van der Waals surface area contributed by atoms with Gasteiger partial charge in [0.15, 0.2) is 0 Å². The Bertz CT molecular complexity index is 454. The molecule has 1 aliphatic rings. The Hall–Kier alpha value is -1.31. The highest BCUT2D eigenvalue weighted by atomic mass is 16.6. The Morgan fingerprint density at radius 1 is 1.10 bits per heavy atom. The van der Waals surface area contributed by atoms with Gasteiger partial charge in [-0.15, -0.1) is 0 Å². The van der Waals surface area contributed by atoms with Crippen LogP contribution in [0.2, 0.25) is 0 Å². The number of rotatable bonds is 4. The lowest BCUT2D eigenvalue weighted by Crippen LogP contribution is -2.37. The van der Waals surface area contributed by atoms with Gasteiger partial charge in [-0.1, -0.05) is 50.1 Å². The highest BCUT2D eigenvalue weighted by Crippen LogP contribution is 2.41. The number of hydrogen-bond acceptors (Lipinski definition) is 2. The lowest BCUT2D eigenvalue weighted by molar-refractivity contribution is -0.174. The standard InChI is InChI=1S/C19H28O2/c1-4-18(2,3)17(20)21-19(14-10-5-6-11-15-19)16-12-8-7-9-13-16/h7-9,12-13H,4-6,10-11,14-15H2,1-3H3. The predicted octanol–water partition coefficient (Wildman–Crippen LogP) is 5.22. The Morgan fingerprint density at radius 2 is 1.67 bits per heavy atom. The fourth-order valence-electron chi connectivity index (χ4n) is 2.95. The maximum Gasteiger partial charge on any atom is 0.312 e. The van der Waals surface area contributed by atoms with E-state index in [1.807, 2.05) is 39.0 Å². The lowest BCUT2D eigenvalue weighted by atomic mass is 9.84. The van der Waals surface area contributed by atoms with Crippen LogP contribution in [0.3, 0.4) is 0 Å². The van der Waals surface area contributed by atoms with Crippen LogP contribution in [-0.2, 0) is 15.1 Å². The number of carbonyl (C=O) groups is 1. The fourth-order valence-corrected chi connectivity index (χ4v) is 2.95. The van der Waals surface area contributed by atoms with E-state index in [0.717, 1.165) is 37.7 Å². The fraction of sp³-hybridized carbons (Fsp3) is 0.632. The van der Waals surface area contributed by atoms with Gasteiger partial charge < -0.3 is 4.74 Å². The number of esters is 1. The second-order valence-corrected chi connectivity index (χ2v) is 6.90. The predicted molar refractivity (Wildman–Crippen MR) is 86.0 cm³/mol. The summed E-state index contributed by atoms with van der Waals surface area (Å²) in [5.74, 6) is -0.0595. The summed E-state index contributed by atoms with van der Waals surface area (Å²) in [6.45, 7) is 6.00. The summed E-state index contributed by atoms with van der Waals surface area (Å²) in [7, 11) is 0. The third-order valence-corrected chi connectivity index (χ3v) is 4.94. The third-order valence-electron chi connectivity index (χ3n) is 4.94. The van der Waals surface area contributed by atoms with Crippen molar-refractivity contribution in [3.05, 3.63) is 35.9 Å². The van der Waals surface area contributed by atoms with Crippen molar-refractivity contribution in [3.8, 4) is 0 Å². The monoisotopic (exact) mass is 288 g/mol. The zero-order valence-electron chi connectivity index (χ0n) is 13.7. The number of ether oxygens (including phenoxy) is 1. The van der Waals surface area contributed by atoms with E-state index in [1.54, 1.807) is 0 Å². The molecule has 0 spiro atoms. The van der Waals surface area contributed by atoms with Crippen LogP contribution in [0.1, 0.15) is 71.3 Å². The van der Waals surface area contributed by atoms with Gasteiger partial charge in [0.2, 0.25) is 0 Å². The molecule has 1 aromatic rings. The van der Waals surface area contributed by atoms with Crippen LogP contribution in [0.5, 0.6) is 0 Å². The number of benzene rings is 1. The highest BCUT2D eigenvalue weighted by molar-refractivity contribution is 5.76. The number of carbonyl (C=O) groups excluding carboxylic acids is 1. The van der Waals surface area contributed by atoms with Gasteiger partial charge in [0.25, 0.3) is 0 Å². The zero-order chi connectivity index (χ0) is 15.3. The van der Waals surface area contributed by atoms with E-state index in [1.165, 1.54) is 12.8 Å². The molecule has 21 heavy (non-hydrogen) atoms. The molecule has 0 amide bonds. The molecule has 1 aromatic carbocycles. The summed E-state index contributed by atoms with van der Waals surface area (Å²) in [4.78, 5) is 12.6. The summed E-state index contributed by atoms with van der Waals surface area (Å²) in [5, 5.41) is 0. The minimum Gasteiger partial charge on any atom is -0.454 e. The second kappa shape index (κ2) is 6.64. The molecule has 0 aliphatic heterocycles. The average molecular weight is 288 g/mol. The first-order chi connectivity index (χ1) is 10.0. The van der Waals surface area contributed by atoms with Crippen molar-refractivity contribution < 1.29 is 9.53 Å². The molecule has 0 N–H and O–H groups in total. The Morgan fingerprint density at radius 3 is 2.19 bits per heavy atom. The summed E-state index contributed by atoms with van der Waals surface area (Å²) in [6.07, 6.45) is 7.44. The maximum absolute atomic E-state index is 12.6. The Kier molecular flexibility index (Phi) is 5.08. The molecule has 1 aliphatic carbocycles. The summed E-state index contributed by atoms with van der Waals surface area (Å²) >= 11 is 0. The van der Waals surface area contributed by atoms with Crippen LogP contribution in [0.4, 0.5) is 0 Å². The first-order valence-corrected chi connectivity index (χ1v) is 8.29. The smallest absolute Gasteiger partial charge is 0.312 e. The number of hydrogen-bond donors (Lipinski definition) is 0. The SMILES string of the molecule is CCC(C)(C)C(=O)OC1(c2ccccc2)CCCCCC1. The van der Waals surface area contributed by atoms with Gasteiger partial charge in [-0.3, -0.25) is 4.79 Å². The molecule has 2 heteroatoms. The summed E-state index contributed by atoms with van der Waals surface area (Å²) in [5.41, 5.74) is 0.335. The largest absolute Gasteiger partial charge is 0.454 e. The van der Waals surface area contributed by atoms with E-state index in [-0.39, 0.29) is 5.97 Å². The summed E-state index contributed by atoms with van der Waals surface area (Å²) < 4.78 is 6.16. The molecule has 0 bridgehead atoms. The van der Waals surface area contributed by atoms with Gasteiger partial charge in [0.1, 0.15) is 5.60 Å². The van der Waals surface area contributed by atoms with E-state index in [4.69, 9.17) is 4.74 Å². The van der Waals surface area contributed by atoms with Crippen molar-refractivity contribution in [1.29, 1.82) is 0 Å². The van der Waals surface area contributed by atoms with Crippen LogP contribution < -0.4 is 0 Å². The topological polar surface area (TPSA) is 26.3 Å². The van der Waals surface area contributed by atoms with Crippen molar-refractivity contribution in [3.63, 3.8) is 0 Å². The first-order valence-electron chi connectivity index (χ1n) is 8.29. The molecule has 116 valence electrons. The van der Waals surface area contributed by atoms with Crippen LogP contribution in [-0.4, -0.2) is 5.97 Å². The Labute approximate surface area is 128 Å². The molecule has 2 rings (SSSR count). The van der Waals surface area contributed by atoms with Gasteiger partial charge in [0.05, 0.1) is 5.41 Å². The third kappa shape index (κ3) is 3.66. The van der Waals surface area contributed by atoms with Gasteiger partial charge >= 0.3 is 5.97 Å². The molecule has 1 saturated carbocycles. The van der Waals surface area contributed by atoms with Crippen molar-refractivity contribution in [1.82, 2.24) is 0 Å². The molecular formula is C19H28O2.